The van der Waals surface area contributed by atoms with E-state index in [9.17, 15) is 13.2 Å². The van der Waals surface area contributed by atoms with E-state index in [1.165, 1.54) is 32.0 Å². The van der Waals surface area contributed by atoms with Crippen molar-refractivity contribution >= 4 is 45.0 Å². The first-order chi connectivity index (χ1) is 9.06. The molecule has 0 aliphatic carbocycles. The fourth-order valence-corrected chi connectivity index (χ4v) is 2.89. The number of hydrogen-bond acceptors (Lipinski definition) is 4. The molecule has 0 aliphatic rings. The molecule has 1 unspecified atom stereocenters. The fourth-order valence-electron chi connectivity index (χ4n) is 1.35. The van der Waals surface area contributed by atoms with Crippen molar-refractivity contribution < 1.29 is 13.2 Å². The Morgan fingerprint density at radius 1 is 1.35 bits per heavy atom. The van der Waals surface area contributed by atoms with Gasteiger partial charge in [-0.25, -0.2) is 13.4 Å². The van der Waals surface area contributed by atoms with Crippen LogP contribution in [0.4, 0.5) is 5.82 Å². The number of carbonyl (C=O) groups is 1. The Morgan fingerprint density at radius 3 is 2.40 bits per heavy atom. The van der Waals surface area contributed by atoms with Gasteiger partial charge in [-0.2, -0.15) is 0 Å². The highest BCUT2D eigenvalue weighted by molar-refractivity contribution is 7.94. The summed E-state index contributed by atoms with van der Waals surface area (Å²) >= 11 is 11.7. The minimum Gasteiger partial charge on any atom is -0.348 e. The second-order valence-corrected chi connectivity index (χ2v) is 7.22. The third-order valence-corrected chi connectivity index (χ3v) is 4.88. The second kappa shape index (κ2) is 6.15. The van der Waals surface area contributed by atoms with Crippen molar-refractivity contribution in [2.24, 2.45) is 0 Å². The van der Waals surface area contributed by atoms with Gasteiger partial charge in [-0.15, -0.1) is 0 Å². The van der Waals surface area contributed by atoms with Crippen molar-refractivity contribution in [3.05, 3.63) is 21.8 Å². The molecule has 0 saturated heterocycles. The molecule has 1 aromatic heterocycles. The molecule has 0 spiro atoms. The van der Waals surface area contributed by atoms with Crippen LogP contribution in [0.5, 0.6) is 0 Å². The van der Waals surface area contributed by atoms with Gasteiger partial charge >= 0.3 is 0 Å². The molecule has 1 aromatic rings. The molecule has 1 heterocycles. The number of nitrogens with one attached hydrogen (secondary N) is 1. The summed E-state index contributed by atoms with van der Waals surface area (Å²) in [6.45, 7) is 2.91. The monoisotopic (exact) mass is 339 g/mol. The van der Waals surface area contributed by atoms with Crippen LogP contribution in [0, 0.1) is 6.92 Å². The maximum Gasteiger partial charge on any atom is 0.245 e. The predicted molar refractivity (Wildman–Crippen MR) is 79.7 cm³/mol. The van der Waals surface area contributed by atoms with Gasteiger partial charge in [-0.05, 0) is 19.9 Å². The maximum absolute atomic E-state index is 12.1. The molecule has 1 amide bonds. The molecule has 0 aliphatic heterocycles. The van der Waals surface area contributed by atoms with Crippen molar-refractivity contribution in [2.45, 2.75) is 19.1 Å². The molecule has 112 valence electrons. The number of anilines is 1. The highest BCUT2D eigenvalue weighted by atomic mass is 35.5. The highest BCUT2D eigenvalue weighted by Gasteiger charge is 2.30. The van der Waals surface area contributed by atoms with Crippen molar-refractivity contribution in [2.75, 3.05) is 18.8 Å². The van der Waals surface area contributed by atoms with Gasteiger partial charge in [-0.1, -0.05) is 23.2 Å². The van der Waals surface area contributed by atoms with Crippen LogP contribution < -0.4 is 4.72 Å². The molecule has 0 fully saturated rings. The Morgan fingerprint density at radius 2 is 1.90 bits per heavy atom. The molecule has 0 bridgehead atoms. The summed E-state index contributed by atoms with van der Waals surface area (Å²) < 4.78 is 26.4. The Balaban J connectivity index is 3.09. The van der Waals surface area contributed by atoms with Crippen molar-refractivity contribution in [3.8, 4) is 0 Å². The topological polar surface area (TPSA) is 79.4 Å². The van der Waals surface area contributed by atoms with Crippen LogP contribution in [-0.2, 0) is 14.8 Å². The van der Waals surface area contributed by atoms with Gasteiger partial charge in [0, 0.05) is 14.1 Å². The summed E-state index contributed by atoms with van der Waals surface area (Å²) in [5, 5.41) is -0.865. The molecule has 6 nitrogen and oxygen atoms in total. The van der Waals surface area contributed by atoms with Crippen LogP contribution in [0.1, 0.15) is 12.6 Å². The Hall–Kier alpha value is -1.05. The van der Waals surface area contributed by atoms with E-state index in [0.29, 0.717) is 10.7 Å². The summed E-state index contributed by atoms with van der Waals surface area (Å²) in [5.41, 5.74) is 0.431. The number of hydrogen-bond donors (Lipinski definition) is 1. The minimum atomic E-state index is -3.94. The highest BCUT2D eigenvalue weighted by Crippen LogP contribution is 2.26. The summed E-state index contributed by atoms with van der Waals surface area (Å²) in [4.78, 5) is 16.9. The van der Waals surface area contributed by atoms with Crippen molar-refractivity contribution in [1.82, 2.24) is 9.88 Å². The van der Waals surface area contributed by atoms with E-state index in [-0.39, 0.29) is 10.8 Å². The molecule has 0 aromatic carbocycles. The SMILES string of the molecule is Cc1nc(NS(=O)(=O)C(C)C(=O)N(C)C)c(Cl)cc1Cl. The zero-order chi connectivity index (χ0) is 15.7. The Kier molecular flexibility index (Phi) is 5.23. The largest absolute Gasteiger partial charge is 0.348 e. The molecule has 1 atom stereocenters. The van der Waals surface area contributed by atoms with E-state index in [4.69, 9.17) is 23.2 Å². The molecule has 0 radical (unpaired) electrons. The first-order valence-corrected chi connectivity index (χ1v) is 7.92. The zero-order valence-electron chi connectivity index (χ0n) is 11.4. The number of rotatable bonds is 4. The van der Waals surface area contributed by atoms with E-state index >= 15 is 0 Å². The summed E-state index contributed by atoms with van der Waals surface area (Å²) in [6, 6.07) is 1.39. The lowest BCUT2D eigenvalue weighted by atomic mass is 10.4. The second-order valence-electron chi connectivity index (χ2n) is 4.41. The van der Waals surface area contributed by atoms with Gasteiger partial charge in [0.25, 0.3) is 0 Å². The molecule has 1 N–H and O–H groups in total. The van der Waals surface area contributed by atoms with Crippen LogP contribution >= 0.6 is 23.2 Å². The first kappa shape index (κ1) is 17.0. The van der Waals surface area contributed by atoms with Crippen LogP contribution in [0.3, 0.4) is 0 Å². The van der Waals surface area contributed by atoms with Gasteiger partial charge in [0.2, 0.25) is 15.9 Å². The minimum absolute atomic E-state index is 0.0491. The molecular formula is C11H15Cl2N3O3S. The number of amides is 1. The molecule has 1 rings (SSSR count). The van der Waals surface area contributed by atoms with Gasteiger partial charge in [0.15, 0.2) is 11.1 Å². The number of aromatic nitrogens is 1. The number of aryl methyl sites for hydroxylation is 1. The Bertz CT molecular complexity index is 632. The normalized spacial score (nSPS) is 12.9. The van der Waals surface area contributed by atoms with Gasteiger partial charge < -0.3 is 4.90 Å². The molecule has 9 heteroatoms. The smallest absolute Gasteiger partial charge is 0.245 e. The molecule has 0 saturated carbocycles. The lowest BCUT2D eigenvalue weighted by Gasteiger charge is -2.18. The first-order valence-electron chi connectivity index (χ1n) is 5.61. The van der Waals surface area contributed by atoms with Crippen LogP contribution in [0.15, 0.2) is 6.07 Å². The number of pyridine rings is 1. The number of carbonyl (C=O) groups excluding carboxylic acids is 1. The van der Waals surface area contributed by atoms with Crippen LogP contribution in [-0.4, -0.2) is 43.6 Å². The van der Waals surface area contributed by atoms with Crippen molar-refractivity contribution in [1.29, 1.82) is 0 Å². The molecule has 20 heavy (non-hydrogen) atoms. The standard InChI is InChI=1S/C11H15Cl2N3O3S/c1-6-8(12)5-9(13)10(14-6)15-20(18,19)7(2)11(17)16(3)4/h5,7H,1-4H3,(H,14,15). The fraction of sp³-hybridized carbons (Fsp3) is 0.455. The van der Waals surface area contributed by atoms with Crippen molar-refractivity contribution in [3.63, 3.8) is 0 Å². The summed E-state index contributed by atoms with van der Waals surface area (Å²) in [5.74, 6) is -0.591. The van der Waals surface area contributed by atoms with E-state index < -0.39 is 21.2 Å². The number of halogens is 2. The number of sulfonamides is 1. The lowest BCUT2D eigenvalue weighted by molar-refractivity contribution is -0.127. The Labute approximate surface area is 128 Å². The number of nitrogens with zero attached hydrogens (tertiary/aromatic N) is 2. The van der Waals surface area contributed by atoms with Gasteiger partial charge in [0.1, 0.15) is 0 Å². The van der Waals surface area contributed by atoms with Crippen LogP contribution in [0.25, 0.3) is 0 Å². The average Bonchev–Trinajstić information content (AvgIpc) is 2.33. The maximum atomic E-state index is 12.1. The predicted octanol–water partition coefficient (Wildman–Crippen LogP) is 1.92. The molecular weight excluding hydrogens is 325 g/mol. The van der Waals surface area contributed by atoms with Gasteiger partial charge in [0.05, 0.1) is 15.7 Å². The third-order valence-electron chi connectivity index (χ3n) is 2.60. The summed E-state index contributed by atoms with van der Waals surface area (Å²) in [6.07, 6.45) is 0. The quantitative estimate of drug-likeness (QED) is 0.908. The van der Waals surface area contributed by atoms with E-state index in [1.807, 2.05) is 0 Å². The lowest BCUT2D eigenvalue weighted by Crippen LogP contribution is -2.40. The van der Waals surface area contributed by atoms with E-state index in [2.05, 4.69) is 9.71 Å². The average molecular weight is 340 g/mol. The summed E-state index contributed by atoms with van der Waals surface area (Å²) in [7, 11) is -0.985. The third kappa shape index (κ3) is 3.74. The van der Waals surface area contributed by atoms with E-state index in [1.54, 1.807) is 6.92 Å². The van der Waals surface area contributed by atoms with Gasteiger partial charge in [-0.3, -0.25) is 9.52 Å². The van der Waals surface area contributed by atoms with Crippen LogP contribution in [0.2, 0.25) is 10.0 Å². The van der Waals surface area contributed by atoms with E-state index in [0.717, 1.165) is 0 Å². The zero-order valence-corrected chi connectivity index (χ0v) is 13.8.